The Hall–Kier alpha value is -3.42. The molecule has 4 aromatic rings. The molecule has 28 heavy (non-hydrogen) atoms. The van der Waals surface area contributed by atoms with E-state index in [1.165, 1.54) is 16.8 Å². The van der Waals surface area contributed by atoms with Crippen LogP contribution in [0, 0.1) is 12.7 Å². The number of nitrogens with zero attached hydrogens (tertiary/aromatic N) is 3. The number of hydrogen-bond donors (Lipinski definition) is 1. The number of fused-ring (bicyclic) bond motifs is 3. The Bertz CT molecular complexity index is 1240. The summed E-state index contributed by atoms with van der Waals surface area (Å²) in [7, 11) is 0. The molecule has 1 N–H and O–H groups in total. The zero-order chi connectivity index (χ0) is 19.8. The monoisotopic (exact) mass is 382 g/mol. The lowest BCUT2D eigenvalue weighted by molar-refractivity contribution is -0.125. The fourth-order valence-corrected chi connectivity index (χ4v) is 3.43. The summed E-state index contributed by atoms with van der Waals surface area (Å²) >= 11 is 0. The maximum atomic E-state index is 13.3. The van der Waals surface area contributed by atoms with E-state index < -0.39 is 6.04 Å². The van der Waals surface area contributed by atoms with E-state index >= 15 is 0 Å². The zero-order valence-corrected chi connectivity index (χ0v) is 15.5. The van der Waals surface area contributed by atoms with Crippen LogP contribution >= 0.6 is 0 Å². The van der Waals surface area contributed by atoms with Crippen molar-refractivity contribution in [3.63, 3.8) is 0 Å². The number of nitrogens with one attached hydrogen (secondary N) is 1. The van der Waals surface area contributed by atoms with Crippen LogP contribution in [0.15, 0.2) is 51.9 Å². The number of rotatable bonds is 5. The number of amides is 1. The molecule has 7 nitrogen and oxygen atoms in total. The van der Waals surface area contributed by atoms with Crippen LogP contribution in [0.4, 0.5) is 4.39 Å². The van der Waals surface area contributed by atoms with Crippen LogP contribution in [0.1, 0.15) is 30.8 Å². The van der Waals surface area contributed by atoms with Crippen LogP contribution in [0.3, 0.4) is 0 Å². The molecule has 0 saturated carbocycles. The number of aromatic nitrogens is 3. The molecule has 0 saturated heterocycles. The Labute approximate surface area is 159 Å². The average Bonchev–Trinajstić information content (AvgIpc) is 3.26. The first-order chi connectivity index (χ1) is 13.5. The lowest BCUT2D eigenvalue weighted by Gasteiger charge is -2.18. The Kier molecular flexibility index (Phi) is 4.46. The number of benzene rings is 1. The second kappa shape index (κ2) is 6.95. The van der Waals surface area contributed by atoms with Gasteiger partial charge in [0.05, 0.1) is 11.8 Å². The fourth-order valence-electron chi connectivity index (χ4n) is 3.43. The highest BCUT2D eigenvalue weighted by Crippen LogP contribution is 2.21. The summed E-state index contributed by atoms with van der Waals surface area (Å²) in [6, 6.07) is 8.66. The molecule has 144 valence electrons. The third-order valence-electron chi connectivity index (χ3n) is 4.77. The van der Waals surface area contributed by atoms with Gasteiger partial charge in [0, 0.05) is 18.7 Å². The number of carbonyl (C=O) groups excluding carboxylic acids is 1. The maximum absolute atomic E-state index is 13.3. The van der Waals surface area contributed by atoms with Gasteiger partial charge in [-0.2, -0.15) is 5.10 Å². The third kappa shape index (κ3) is 2.96. The summed E-state index contributed by atoms with van der Waals surface area (Å²) in [4.78, 5) is 25.7. The quantitative estimate of drug-likeness (QED) is 0.575. The Morgan fingerprint density at radius 3 is 2.86 bits per heavy atom. The molecule has 0 radical (unpaired) electrons. The van der Waals surface area contributed by atoms with Gasteiger partial charge in [-0.05, 0) is 31.0 Å². The molecule has 0 fully saturated rings. The molecule has 0 spiro atoms. The lowest BCUT2D eigenvalue weighted by atomic mass is 10.2. The molecule has 0 aliphatic rings. The van der Waals surface area contributed by atoms with Gasteiger partial charge >= 0.3 is 0 Å². The molecule has 1 aromatic carbocycles. The molecule has 3 aromatic heterocycles. The smallest absolute Gasteiger partial charge is 0.291 e. The van der Waals surface area contributed by atoms with Gasteiger partial charge in [-0.25, -0.2) is 9.07 Å². The number of hydrogen-bond acceptors (Lipinski definition) is 4. The van der Waals surface area contributed by atoms with Crippen LogP contribution in [0.2, 0.25) is 0 Å². The van der Waals surface area contributed by atoms with Crippen molar-refractivity contribution in [1.29, 1.82) is 0 Å². The van der Waals surface area contributed by atoms with Gasteiger partial charge in [-0.3, -0.25) is 14.0 Å². The van der Waals surface area contributed by atoms with Crippen molar-refractivity contribution < 1.29 is 13.6 Å². The van der Waals surface area contributed by atoms with E-state index in [2.05, 4.69) is 10.4 Å². The third-order valence-corrected chi connectivity index (χ3v) is 4.77. The molecule has 1 unspecified atom stereocenters. The molecule has 0 aliphatic carbocycles. The van der Waals surface area contributed by atoms with E-state index in [0.717, 1.165) is 5.52 Å². The number of halogens is 1. The minimum absolute atomic E-state index is 0.168. The van der Waals surface area contributed by atoms with Gasteiger partial charge in [0.15, 0.2) is 5.58 Å². The first kappa shape index (κ1) is 18.0. The van der Waals surface area contributed by atoms with Crippen molar-refractivity contribution in [1.82, 2.24) is 19.5 Å². The van der Waals surface area contributed by atoms with Gasteiger partial charge in [0.2, 0.25) is 5.91 Å². The van der Waals surface area contributed by atoms with Crippen LogP contribution in [0.25, 0.3) is 16.6 Å². The summed E-state index contributed by atoms with van der Waals surface area (Å²) in [5, 5.41) is 7.13. The van der Waals surface area contributed by atoms with Crippen molar-refractivity contribution in [3.05, 3.63) is 70.2 Å². The van der Waals surface area contributed by atoms with E-state index in [0.29, 0.717) is 28.9 Å². The van der Waals surface area contributed by atoms with Crippen LogP contribution in [-0.2, 0) is 11.3 Å². The Morgan fingerprint density at radius 2 is 2.11 bits per heavy atom. The number of carbonyl (C=O) groups is 1. The van der Waals surface area contributed by atoms with Crippen LogP contribution in [0.5, 0.6) is 0 Å². The largest absolute Gasteiger partial charge is 0.463 e. The van der Waals surface area contributed by atoms with Crippen LogP contribution in [-0.4, -0.2) is 20.1 Å². The molecule has 1 atom stereocenters. The van der Waals surface area contributed by atoms with E-state index in [4.69, 9.17) is 4.42 Å². The van der Waals surface area contributed by atoms with Gasteiger partial charge < -0.3 is 9.73 Å². The fraction of sp³-hybridized carbons (Fsp3) is 0.250. The van der Waals surface area contributed by atoms with Gasteiger partial charge in [-0.1, -0.05) is 19.1 Å². The molecule has 1 amide bonds. The zero-order valence-electron chi connectivity index (χ0n) is 15.5. The molecular formula is C20H19FN4O3. The van der Waals surface area contributed by atoms with E-state index in [9.17, 15) is 14.0 Å². The van der Waals surface area contributed by atoms with Gasteiger partial charge in [0.25, 0.3) is 5.56 Å². The molecule has 4 rings (SSSR count). The Balaban J connectivity index is 1.67. The minimum Gasteiger partial charge on any atom is -0.463 e. The maximum Gasteiger partial charge on any atom is 0.291 e. The van der Waals surface area contributed by atoms with E-state index in [1.54, 1.807) is 41.9 Å². The molecule has 0 aliphatic heterocycles. The predicted molar refractivity (Wildman–Crippen MR) is 102 cm³/mol. The summed E-state index contributed by atoms with van der Waals surface area (Å²) in [6.07, 6.45) is 1.94. The Morgan fingerprint density at radius 1 is 1.29 bits per heavy atom. The number of furan rings is 1. The van der Waals surface area contributed by atoms with E-state index in [1.807, 2.05) is 6.92 Å². The van der Waals surface area contributed by atoms with Crippen molar-refractivity contribution in [2.45, 2.75) is 32.9 Å². The lowest BCUT2D eigenvalue weighted by Crippen LogP contribution is -2.39. The molecular weight excluding hydrogens is 363 g/mol. The summed E-state index contributed by atoms with van der Waals surface area (Å²) < 4.78 is 21.6. The highest BCUT2D eigenvalue weighted by molar-refractivity contribution is 5.83. The van der Waals surface area contributed by atoms with E-state index in [-0.39, 0.29) is 23.8 Å². The second-order valence-corrected chi connectivity index (χ2v) is 6.60. The molecule has 8 heteroatoms. The molecule has 0 bridgehead atoms. The minimum atomic E-state index is -0.772. The first-order valence-corrected chi connectivity index (χ1v) is 9.00. The standard InChI is InChI=1S/C20H19FN4O3/c1-3-15(19(26)22-11-13-5-4-6-14(21)9-13)25-20(27)17-10-18-16(7-8-28-18)24(17)12(2)23-25/h4-10,15H,3,11H2,1-2H3,(H,22,26). The first-order valence-electron chi connectivity index (χ1n) is 9.00. The predicted octanol–water partition coefficient (Wildman–Crippen LogP) is 2.96. The van der Waals surface area contributed by atoms with Gasteiger partial charge in [0.1, 0.15) is 23.2 Å². The van der Waals surface area contributed by atoms with Gasteiger partial charge in [-0.15, -0.1) is 0 Å². The van der Waals surface area contributed by atoms with Crippen molar-refractivity contribution in [2.24, 2.45) is 0 Å². The summed E-state index contributed by atoms with van der Waals surface area (Å²) in [6.45, 7) is 3.75. The van der Waals surface area contributed by atoms with Crippen LogP contribution < -0.4 is 10.9 Å². The molecule has 3 heterocycles. The normalized spacial score (nSPS) is 12.5. The summed E-state index contributed by atoms with van der Waals surface area (Å²) in [5.41, 5.74) is 2.02. The van der Waals surface area contributed by atoms with Crippen molar-refractivity contribution in [3.8, 4) is 0 Å². The SMILES string of the molecule is CCC(C(=O)NCc1cccc(F)c1)n1nc(C)n2c(cc3occc32)c1=O. The van der Waals surface area contributed by atoms with Crippen molar-refractivity contribution >= 4 is 22.5 Å². The number of aryl methyl sites for hydroxylation is 1. The average molecular weight is 382 g/mol. The highest BCUT2D eigenvalue weighted by Gasteiger charge is 2.23. The topological polar surface area (TPSA) is 81.5 Å². The highest BCUT2D eigenvalue weighted by atomic mass is 19.1. The second-order valence-electron chi connectivity index (χ2n) is 6.60. The summed E-state index contributed by atoms with van der Waals surface area (Å²) in [5.74, 6) is -0.141. The van der Waals surface area contributed by atoms with Crippen molar-refractivity contribution in [2.75, 3.05) is 0 Å².